The highest BCUT2D eigenvalue weighted by molar-refractivity contribution is 9.10. The summed E-state index contributed by atoms with van der Waals surface area (Å²) >= 11 is 3.35. The molecular formula is C13H14BrN5O. The molecule has 20 heavy (non-hydrogen) atoms. The molecule has 0 saturated heterocycles. The molecule has 3 N–H and O–H groups in total. The number of carbonyl (C=O) groups is 1. The average Bonchev–Trinajstić information content (AvgIpc) is 2.89. The fourth-order valence-corrected chi connectivity index (χ4v) is 2.71. The van der Waals surface area contributed by atoms with E-state index in [1.807, 2.05) is 6.20 Å². The lowest BCUT2D eigenvalue weighted by Crippen LogP contribution is -2.41. The number of aryl methyl sites for hydroxylation is 1. The molecule has 1 aliphatic rings. The van der Waals surface area contributed by atoms with Crippen LogP contribution in [-0.2, 0) is 12.8 Å². The van der Waals surface area contributed by atoms with Crippen LogP contribution >= 0.6 is 15.9 Å². The minimum atomic E-state index is -0.200. The number of hydrogen-bond donors (Lipinski definition) is 3. The highest BCUT2D eigenvalue weighted by atomic mass is 79.9. The normalized spacial score (nSPS) is 17.4. The van der Waals surface area contributed by atoms with Gasteiger partial charge in [-0.2, -0.15) is 5.10 Å². The maximum absolute atomic E-state index is 12.0. The number of fused-ring (bicyclic) bond motifs is 1. The molecule has 0 bridgehead atoms. The third-order valence-corrected chi connectivity index (χ3v) is 4.00. The van der Waals surface area contributed by atoms with Crippen molar-refractivity contribution in [1.29, 1.82) is 0 Å². The Kier molecular flexibility index (Phi) is 3.68. The molecule has 0 aliphatic heterocycles. The van der Waals surface area contributed by atoms with Crippen molar-refractivity contribution < 1.29 is 4.79 Å². The van der Waals surface area contributed by atoms with Crippen LogP contribution < -0.4 is 10.6 Å². The molecule has 1 unspecified atom stereocenters. The van der Waals surface area contributed by atoms with Gasteiger partial charge in [-0.25, -0.2) is 4.79 Å². The van der Waals surface area contributed by atoms with E-state index in [1.54, 1.807) is 18.5 Å². The van der Waals surface area contributed by atoms with Crippen LogP contribution in [0, 0.1) is 0 Å². The minimum Gasteiger partial charge on any atom is -0.335 e. The van der Waals surface area contributed by atoms with Crippen LogP contribution in [0.1, 0.15) is 17.7 Å². The summed E-state index contributed by atoms with van der Waals surface area (Å²) in [5, 5.41) is 12.8. The molecule has 104 valence electrons. The summed E-state index contributed by atoms with van der Waals surface area (Å²) in [6.07, 6.45) is 7.77. The Morgan fingerprint density at radius 3 is 3.20 bits per heavy atom. The lowest BCUT2D eigenvalue weighted by atomic mass is 9.94. The van der Waals surface area contributed by atoms with Gasteiger partial charge in [0.15, 0.2) is 0 Å². The van der Waals surface area contributed by atoms with Gasteiger partial charge in [0.2, 0.25) is 0 Å². The van der Waals surface area contributed by atoms with Gasteiger partial charge in [-0.15, -0.1) is 0 Å². The molecule has 2 aromatic rings. The Morgan fingerprint density at radius 2 is 2.35 bits per heavy atom. The first-order valence-electron chi connectivity index (χ1n) is 6.40. The summed E-state index contributed by atoms with van der Waals surface area (Å²) in [5.74, 6) is 0. The Labute approximate surface area is 124 Å². The number of aromatic amines is 1. The number of carbonyl (C=O) groups excluding carboxylic acids is 1. The molecule has 1 aliphatic carbocycles. The lowest BCUT2D eigenvalue weighted by molar-refractivity contribution is 0.247. The topological polar surface area (TPSA) is 82.7 Å². The van der Waals surface area contributed by atoms with Crippen molar-refractivity contribution in [2.24, 2.45) is 0 Å². The molecule has 2 amide bonds. The van der Waals surface area contributed by atoms with E-state index in [9.17, 15) is 4.79 Å². The highest BCUT2D eigenvalue weighted by Crippen LogP contribution is 2.21. The molecule has 6 nitrogen and oxygen atoms in total. The van der Waals surface area contributed by atoms with Gasteiger partial charge in [0.25, 0.3) is 0 Å². The first-order valence-corrected chi connectivity index (χ1v) is 7.20. The van der Waals surface area contributed by atoms with Crippen LogP contribution in [0.3, 0.4) is 0 Å². The van der Waals surface area contributed by atoms with Crippen molar-refractivity contribution in [2.75, 3.05) is 5.32 Å². The van der Waals surface area contributed by atoms with E-state index in [1.165, 1.54) is 11.3 Å². The zero-order chi connectivity index (χ0) is 13.9. The number of amides is 2. The quantitative estimate of drug-likeness (QED) is 0.787. The second-order valence-corrected chi connectivity index (χ2v) is 5.62. The van der Waals surface area contributed by atoms with Crippen LogP contribution in [0.25, 0.3) is 0 Å². The van der Waals surface area contributed by atoms with Crippen LogP contribution in [-0.4, -0.2) is 27.3 Å². The first-order chi connectivity index (χ1) is 9.72. The van der Waals surface area contributed by atoms with Crippen LogP contribution in [0.15, 0.2) is 29.1 Å². The number of nitrogens with zero attached hydrogens (tertiary/aromatic N) is 2. The van der Waals surface area contributed by atoms with Crippen LogP contribution in [0.5, 0.6) is 0 Å². The van der Waals surface area contributed by atoms with E-state index in [0.29, 0.717) is 5.69 Å². The van der Waals surface area contributed by atoms with Gasteiger partial charge in [0, 0.05) is 24.1 Å². The smallest absolute Gasteiger partial charge is 0.319 e. The Bertz CT molecular complexity index is 627. The molecule has 1 atom stereocenters. The van der Waals surface area contributed by atoms with E-state index < -0.39 is 0 Å². The fourth-order valence-electron chi connectivity index (χ4n) is 2.36. The summed E-state index contributed by atoms with van der Waals surface area (Å²) in [5.41, 5.74) is 3.07. The van der Waals surface area contributed by atoms with Crippen LogP contribution in [0.4, 0.5) is 10.5 Å². The standard InChI is InChI=1S/C13H14BrN5O/c14-10-7-15-4-3-12(10)18-13(20)17-9-1-2-11-8(5-9)6-16-19-11/h3-4,6-7,9H,1-2,5H2,(H,16,19)(H2,15,17,18,20). The van der Waals surface area contributed by atoms with Gasteiger partial charge in [0.05, 0.1) is 16.4 Å². The second-order valence-electron chi connectivity index (χ2n) is 4.77. The van der Waals surface area contributed by atoms with E-state index in [2.05, 4.69) is 41.7 Å². The van der Waals surface area contributed by atoms with Gasteiger partial charge in [-0.05, 0) is 46.8 Å². The van der Waals surface area contributed by atoms with Gasteiger partial charge in [-0.3, -0.25) is 10.1 Å². The molecule has 0 saturated carbocycles. The first kappa shape index (κ1) is 13.1. The Morgan fingerprint density at radius 1 is 1.45 bits per heavy atom. The maximum atomic E-state index is 12.0. The van der Waals surface area contributed by atoms with E-state index in [4.69, 9.17) is 0 Å². The second kappa shape index (κ2) is 5.62. The third kappa shape index (κ3) is 2.82. The van der Waals surface area contributed by atoms with Crippen molar-refractivity contribution in [3.8, 4) is 0 Å². The number of pyridine rings is 1. The predicted octanol–water partition coefficient (Wildman–Crippen LogP) is 2.25. The molecule has 0 aromatic carbocycles. The summed E-state index contributed by atoms with van der Waals surface area (Å²) in [7, 11) is 0. The van der Waals surface area contributed by atoms with E-state index in [0.717, 1.165) is 23.7 Å². The predicted molar refractivity (Wildman–Crippen MR) is 78.5 cm³/mol. The minimum absolute atomic E-state index is 0.140. The Hall–Kier alpha value is -1.89. The highest BCUT2D eigenvalue weighted by Gasteiger charge is 2.21. The molecule has 7 heteroatoms. The number of hydrogen-bond acceptors (Lipinski definition) is 3. The van der Waals surface area contributed by atoms with Crippen molar-refractivity contribution in [2.45, 2.75) is 25.3 Å². The molecule has 0 spiro atoms. The van der Waals surface area contributed by atoms with Crippen molar-refractivity contribution >= 4 is 27.6 Å². The van der Waals surface area contributed by atoms with Gasteiger partial charge in [0.1, 0.15) is 0 Å². The lowest BCUT2D eigenvalue weighted by Gasteiger charge is -2.23. The number of urea groups is 1. The van der Waals surface area contributed by atoms with Crippen molar-refractivity contribution in [3.05, 3.63) is 40.4 Å². The monoisotopic (exact) mass is 335 g/mol. The number of nitrogens with one attached hydrogen (secondary N) is 3. The zero-order valence-electron chi connectivity index (χ0n) is 10.7. The number of H-pyrrole nitrogens is 1. The molecule has 0 radical (unpaired) electrons. The SMILES string of the molecule is O=C(Nc1ccncc1Br)NC1CCc2[nH]ncc2C1. The average molecular weight is 336 g/mol. The zero-order valence-corrected chi connectivity index (χ0v) is 12.3. The van der Waals surface area contributed by atoms with Crippen molar-refractivity contribution in [3.63, 3.8) is 0 Å². The van der Waals surface area contributed by atoms with Gasteiger partial charge in [-0.1, -0.05) is 0 Å². The van der Waals surface area contributed by atoms with Gasteiger partial charge < -0.3 is 10.6 Å². The fraction of sp³-hybridized carbons (Fsp3) is 0.308. The largest absolute Gasteiger partial charge is 0.335 e. The molecule has 3 rings (SSSR count). The number of rotatable bonds is 2. The molecule has 2 aromatic heterocycles. The maximum Gasteiger partial charge on any atom is 0.319 e. The number of halogens is 1. The number of aromatic nitrogens is 3. The summed E-state index contributed by atoms with van der Waals surface area (Å²) in [6, 6.07) is 1.69. The summed E-state index contributed by atoms with van der Waals surface area (Å²) < 4.78 is 0.760. The van der Waals surface area contributed by atoms with E-state index >= 15 is 0 Å². The van der Waals surface area contributed by atoms with Crippen molar-refractivity contribution in [1.82, 2.24) is 20.5 Å². The van der Waals surface area contributed by atoms with E-state index in [-0.39, 0.29) is 12.1 Å². The molecule has 0 fully saturated rings. The van der Waals surface area contributed by atoms with Crippen LogP contribution in [0.2, 0.25) is 0 Å². The van der Waals surface area contributed by atoms with Gasteiger partial charge >= 0.3 is 6.03 Å². The molecule has 2 heterocycles. The number of anilines is 1. The summed E-state index contributed by atoms with van der Waals surface area (Å²) in [6.45, 7) is 0. The Balaban J connectivity index is 1.59. The third-order valence-electron chi connectivity index (χ3n) is 3.37. The summed E-state index contributed by atoms with van der Waals surface area (Å²) in [4.78, 5) is 16.0. The molecular weight excluding hydrogens is 322 g/mol.